The number of hydrogen-bond donors (Lipinski definition) is 2. The lowest BCUT2D eigenvalue weighted by Crippen LogP contribution is -2.30. The molecule has 0 fully saturated rings. The Labute approximate surface area is 55.4 Å². The first-order chi connectivity index (χ1) is 4.09. The molecule has 4 N–H and O–H groups in total. The van der Waals surface area contributed by atoms with E-state index in [9.17, 15) is 4.79 Å². The summed E-state index contributed by atoms with van der Waals surface area (Å²) in [6.07, 6.45) is 0. The Morgan fingerprint density at radius 2 is 2.00 bits per heavy atom. The van der Waals surface area contributed by atoms with Crippen LogP contribution in [0, 0.1) is 11.8 Å². The van der Waals surface area contributed by atoms with Gasteiger partial charge in [-0.1, -0.05) is 13.8 Å². The van der Waals surface area contributed by atoms with Gasteiger partial charge in [-0.15, -0.1) is 0 Å². The molecule has 0 spiro atoms. The summed E-state index contributed by atoms with van der Waals surface area (Å²) in [6, 6.07) is 0. The van der Waals surface area contributed by atoms with Crippen LogP contribution in [0.4, 0.5) is 0 Å². The van der Waals surface area contributed by atoms with E-state index in [0.29, 0.717) is 6.54 Å². The normalized spacial score (nSPS) is 16.8. The molecule has 9 heavy (non-hydrogen) atoms. The summed E-state index contributed by atoms with van der Waals surface area (Å²) in [5.41, 5.74) is 10.3. The lowest BCUT2D eigenvalue weighted by atomic mass is 9.96. The molecule has 0 aliphatic rings. The van der Waals surface area contributed by atoms with Crippen molar-refractivity contribution in [1.82, 2.24) is 0 Å². The highest BCUT2D eigenvalue weighted by molar-refractivity contribution is 5.76. The molecule has 2 unspecified atom stereocenters. The van der Waals surface area contributed by atoms with Crippen molar-refractivity contribution in [3.8, 4) is 0 Å². The van der Waals surface area contributed by atoms with E-state index in [1.165, 1.54) is 0 Å². The van der Waals surface area contributed by atoms with Crippen molar-refractivity contribution in [2.24, 2.45) is 23.3 Å². The molecule has 0 aliphatic carbocycles. The maximum atomic E-state index is 10.5. The van der Waals surface area contributed by atoms with Crippen molar-refractivity contribution >= 4 is 5.91 Å². The quantitative estimate of drug-likeness (QED) is 0.550. The molecule has 0 rings (SSSR count). The summed E-state index contributed by atoms with van der Waals surface area (Å²) in [6.45, 7) is 4.22. The minimum absolute atomic E-state index is 0.102. The maximum absolute atomic E-state index is 10.5. The average molecular weight is 130 g/mol. The highest BCUT2D eigenvalue weighted by Crippen LogP contribution is 2.06. The SMILES string of the molecule is CC(CN)C(C)C(N)=O. The molecule has 3 nitrogen and oxygen atoms in total. The van der Waals surface area contributed by atoms with Gasteiger partial charge in [0, 0.05) is 5.92 Å². The van der Waals surface area contributed by atoms with Gasteiger partial charge in [-0.2, -0.15) is 0 Å². The fourth-order valence-electron chi connectivity index (χ4n) is 0.485. The molecule has 3 heteroatoms. The van der Waals surface area contributed by atoms with Crippen molar-refractivity contribution in [3.63, 3.8) is 0 Å². The fraction of sp³-hybridized carbons (Fsp3) is 0.833. The molecule has 0 saturated carbocycles. The van der Waals surface area contributed by atoms with Crippen molar-refractivity contribution in [2.75, 3.05) is 6.54 Å². The van der Waals surface area contributed by atoms with E-state index in [-0.39, 0.29) is 17.7 Å². The van der Waals surface area contributed by atoms with Gasteiger partial charge < -0.3 is 11.5 Å². The van der Waals surface area contributed by atoms with E-state index < -0.39 is 0 Å². The maximum Gasteiger partial charge on any atom is 0.220 e. The summed E-state index contributed by atoms with van der Waals surface area (Å²) >= 11 is 0. The number of hydrogen-bond acceptors (Lipinski definition) is 2. The zero-order valence-corrected chi connectivity index (χ0v) is 5.92. The number of rotatable bonds is 3. The van der Waals surface area contributed by atoms with Crippen molar-refractivity contribution < 1.29 is 4.79 Å². The average Bonchev–Trinajstić information content (AvgIpc) is 1.84. The van der Waals surface area contributed by atoms with E-state index >= 15 is 0 Å². The molecule has 2 atom stereocenters. The first kappa shape index (κ1) is 8.43. The zero-order chi connectivity index (χ0) is 7.44. The van der Waals surface area contributed by atoms with Crippen LogP contribution in [-0.4, -0.2) is 12.5 Å². The monoisotopic (exact) mass is 130 g/mol. The minimum atomic E-state index is -0.270. The van der Waals surface area contributed by atoms with Gasteiger partial charge in [0.15, 0.2) is 0 Å². The molecule has 0 aromatic carbocycles. The number of primary amides is 1. The third-order valence-corrected chi connectivity index (χ3v) is 1.67. The summed E-state index contributed by atoms with van der Waals surface area (Å²) in [5.74, 6) is -0.176. The van der Waals surface area contributed by atoms with Gasteiger partial charge in [-0.05, 0) is 12.5 Å². The lowest BCUT2D eigenvalue weighted by molar-refractivity contribution is -0.122. The molecule has 0 heterocycles. The Kier molecular flexibility index (Phi) is 3.24. The molecule has 0 aromatic heterocycles. The summed E-state index contributed by atoms with van der Waals surface area (Å²) in [4.78, 5) is 10.5. The van der Waals surface area contributed by atoms with Crippen LogP contribution in [-0.2, 0) is 4.79 Å². The summed E-state index contributed by atoms with van der Waals surface area (Å²) in [7, 11) is 0. The first-order valence-electron chi connectivity index (χ1n) is 3.09. The standard InChI is InChI=1S/C6H14N2O/c1-4(3-7)5(2)6(8)9/h4-5H,3,7H2,1-2H3,(H2,8,9). The van der Waals surface area contributed by atoms with Crippen LogP contribution in [0.2, 0.25) is 0 Å². The molecular weight excluding hydrogens is 116 g/mol. The smallest absolute Gasteiger partial charge is 0.220 e. The minimum Gasteiger partial charge on any atom is -0.369 e. The second-order valence-corrected chi connectivity index (χ2v) is 2.40. The topological polar surface area (TPSA) is 69.1 Å². The molecule has 0 saturated heterocycles. The molecular formula is C6H14N2O. The van der Waals surface area contributed by atoms with Crippen molar-refractivity contribution in [1.29, 1.82) is 0 Å². The molecule has 1 amide bonds. The molecule has 0 bridgehead atoms. The Morgan fingerprint density at radius 3 is 2.11 bits per heavy atom. The molecule has 0 aromatic rings. The van der Waals surface area contributed by atoms with Crippen LogP contribution in [0.15, 0.2) is 0 Å². The van der Waals surface area contributed by atoms with Gasteiger partial charge in [-0.25, -0.2) is 0 Å². The number of carbonyl (C=O) groups is 1. The number of nitrogens with two attached hydrogens (primary N) is 2. The van der Waals surface area contributed by atoms with Gasteiger partial charge in [0.2, 0.25) is 5.91 Å². The molecule has 0 radical (unpaired) electrons. The van der Waals surface area contributed by atoms with Gasteiger partial charge in [0.1, 0.15) is 0 Å². The van der Waals surface area contributed by atoms with Gasteiger partial charge in [0.05, 0.1) is 0 Å². The highest BCUT2D eigenvalue weighted by Gasteiger charge is 2.14. The summed E-state index contributed by atoms with van der Waals surface area (Å²) < 4.78 is 0. The second-order valence-electron chi connectivity index (χ2n) is 2.40. The number of amides is 1. The Balaban J connectivity index is 3.72. The number of carbonyl (C=O) groups excluding carboxylic acids is 1. The predicted octanol–water partition coefficient (Wildman–Crippen LogP) is -0.297. The van der Waals surface area contributed by atoms with E-state index in [4.69, 9.17) is 11.5 Å². The van der Waals surface area contributed by atoms with Gasteiger partial charge in [0.25, 0.3) is 0 Å². The predicted molar refractivity (Wildman–Crippen MR) is 36.6 cm³/mol. The van der Waals surface area contributed by atoms with Gasteiger partial charge >= 0.3 is 0 Å². The fourth-order valence-corrected chi connectivity index (χ4v) is 0.485. The van der Waals surface area contributed by atoms with Crippen molar-refractivity contribution in [3.05, 3.63) is 0 Å². The summed E-state index contributed by atoms with van der Waals surface area (Å²) in [5, 5.41) is 0. The van der Waals surface area contributed by atoms with Crippen LogP contribution in [0.3, 0.4) is 0 Å². The Hall–Kier alpha value is -0.570. The second kappa shape index (κ2) is 3.45. The van der Waals surface area contributed by atoms with Crippen LogP contribution in [0.5, 0.6) is 0 Å². The molecule has 54 valence electrons. The largest absolute Gasteiger partial charge is 0.369 e. The van der Waals surface area contributed by atoms with Crippen LogP contribution >= 0.6 is 0 Å². The highest BCUT2D eigenvalue weighted by atomic mass is 16.1. The zero-order valence-electron chi connectivity index (χ0n) is 5.92. The van der Waals surface area contributed by atoms with Crippen LogP contribution in [0.25, 0.3) is 0 Å². The van der Waals surface area contributed by atoms with Crippen molar-refractivity contribution in [2.45, 2.75) is 13.8 Å². The van der Waals surface area contributed by atoms with Gasteiger partial charge in [-0.3, -0.25) is 4.79 Å². The van der Waals surface area contributed by atoms with Crippen LogP contribution < -0.4 is 11.5 Å². The Bertz CT molecular complexity index is 103. The molecule has 0 aliphatic heterocycles. The van der Waals surface area contributed by atoms with E-state index in [1.807, 2.05) is 6.92 Å². The first-order valence-corrected chi connectivity index (χ1v) is 3.09. The third-order valence-electron chi connectivity index (χ3n) is 1.67. The van der Waals surface area contributed by atoms with Crippen LogP contribution in [0.1, 0.15) is 13.8 Å². The van der Waals surface area contributed by atoms with E-state index in [2.05, 4.69) is 0 Å². The lowest BCUT2D eigenvalue weighted by Gasteiger charge is -2.12. The van der Waals surface area contributed by atoms with E-state index in [0.717, 1.165) is 0 Å². The Morgan fingerprint density at radius 1 is 1.56 bits per heavy atom. The third kappa shape index (κ3) is 2.46. The van der Waals surface area contributed by atoms with E-state index in [1.54, 1.807) is 6.92 Å².